The molecule has 0 bridgehead atoms. The van der Waals surface area contributed by atoms with Gasteiger partial charge < -0.3 is 5.73 Å². The van der Waals surface area contributed by atoms with Gasteiger partial charge in [0.2, 0.25) is 0 Å². The van der Waals surface area contributed by atoms with Gasteiger partial charge >= 0.3 is 0 Å². The van der Waals surface area contributed by atoms with Crippen molar-refractivity contribution in [3.8, 4) is 0 Å². The molecule has 3 heteroatoms. The first-order valence-corrected chi connectivity index (χ1v) is 5.13. The van der Waals surface area contributed by atoms with Crippen molar-refractivity contribution in [3.63, 3.8) is 0 Å². The highest BCUT2D eigenvalue weighted by Gasteiger charge is 2.12. The van der Waals surface area contributed by atoms with Crippen LogP contribution in [0.5, 0.6) is 0 Å². The van der Waals surface area contributed by atoms with Gasteiger partial charge in [0.15, 0.2) is 5.78 Å². The van der Waals surface area contributed by atoms with Gasteiger partial charge in [-0.15, -0.1) is 0 Å². The fourth-order valence-electron chi connectivity index (χ4n) is 1.85. The first kappa shape index (κ1) is 9.90. The molecular formula is C12H14N2O. The van der Waals surface area contributed by atoms with Crippen molar-refractivity contribution < 1.29 is 4.79 Å². The first-order valence-electron chi connectivity index (χ1n) is 5.13. The van der Waals surface area contributed by atoms with Crippen molar-refractivity contribution in [2.75, 3.05) is 5.73 Å². The molecule has 1 aromatic heterocycles. The number of rotatable bonds is 1. The highest BCUT2D eigenvalue weighted by Crippen LogP contribution is 2.25. The lowest BCUT2D eigenvalue weighted by atomic mass is 9.96. The highest BCUT2D eigenvalue weighted by molar-refractivity contribution is 5.98. The zero-order valence-corrected chi connectivity index (χ0v) is 8.79. The van der Waals surface area contributed by atoms with Gasteiger partial charge in [-0.05, 0) is 43.5 Å². The van der Waals surface area contributed by atoms with Gasteiger partial charge in [0.1, 0.15) is 0 Å². The Labute approximate surface area is 89.0 Å². The molecule has 0 aromatic carbocycles. The number of nitrogens with zero attached hydrogens (tertiary/aromatic N) is 1. The smallest absolute Gasteiger partial charge is 0.156 e. The molecule has 2 N–H and O–H groups in total. The van der Waals surface area contributed by atoms with E-state index in [9.17, 15) is 4.79 Å². The van der Waals surface area contributed by atoms with Crippen molar-refractivity contribution >= 4 is 17.0 Å². The Balaban J connectivity index is 2.40. The average Bonchev–Trinajstić information content (AvgIpc) is 2.16. The van der Waals surface area contributed by atoms with Gasteiger partial charge in [0.05, 0.1) is 5.69 Å². The van der Waals surface area contributed by atoms with E-state index >= 15 is 0 Å². The number of nitrogen functional groups attached to an aromatic ring is 1. The molecule has 2 rings (SSSR count). The fraction of sp³-hybridized carbons (Fsp3) is 0.333. The number of pyridine rings is 1. The van der Waals surface area contributed by atoms with E-state index in [1.165, 1.54) is 0 Å². The molecule has 1 aliphatic carbocycles. The number of hydrogen-bond donors (Lipinski definition) is 1. The van der Waals surface area contributed by atoms with Crippen LogP contribution in [0.15, 0.2) is 18.2 Å². The molecule has 1 aromatic rings. The van der Waals surface area contributed by atoms with E-state index in [2.05, 4.69) is 4.98 Å². The zero-order chi connectivity index (χ0) is 10.8. The van der Waals surface area contributed by atoms with Crippen molar-refractivity contribution in [2.45, 2.75) is 26.2 Å². The maximum atomic E-state index is 11.3. The third-order valence-corrected chi connectivity index (χ3v) is 2.51. The molecule has 0 radical (unpaired) electrons. The summed E-state index contributed by atoms with van der Waals surface area (Å²) in [4.78, 5) is 15.7. The summed E-state index contributed by atoms with van der Waals surface area (Å²) in [6, 6.07) is 3.66. The number of allylic oxidation sites excluding steroid dienone is 2. The number of aryl methyl sites for hydroxylation is 1. The minimum absolute atomic E-state index is 0.193. The summed E-state index contributed by atoms with van der Waals surface area (Å²) < 4.78 is 0. The quantitative estimate of drug-likeness (QED) is 0.758. The molecule has 0 amide bonds. The van der Waals surface area contributed by atoms with E-state index in [4.69, 9.17) is 5.73 Å². The van der Waals surface area contributed by atoms with Crippen molar-refractivity contribution in [3.05, 3.63) is 29.6 Å². The van der Waals surface area contributed by atoms with Crippen molar-refractivity contribution in [2.24, 2.45) is 0 Å². The Bertz CT molecular complexity index is 415. The molecule has 1 heterocycles. The molecule has 78 valence electrons. The van der Waals surface area contributed by atoms with E-state index in [0.29, 0.717) is 12.1 Å². The normalized spacial score (nSPS) is 16.3. The second-order valence-electron chi connectivity index (χ2n) is 3.92. The third-order valence-electron chi connectivity index (χ3n) is 2.51. The van der Waals surface area contributed by atoms with Crippen LogP contribution in [-0.4, -0.2) is 10.8 Å². The minimum atomic E-state index is 0.193. The summed E-state index contributed by atoms with van der Waals surface area (Å²) in [6.07, 6.45) is 4.19. The summed E-state index contributed by atoms with van der Waals surface area (Å²) >= 11 is 0. The van der Waals surface area contributed by atoms with Gasteiger partial charge in [-0.2, -0.15) is 0 Å². The molecular weight excluding hydrogens is 188 g/mol. The Kier molecular flexibility index (Phi) is 2.54. The molecule has 0 fully saturated rings. The number of anilines is 1. The number of aromatic nitrogens is 1. The van der Waals surface area contributed by atoms with Gasteiger partial charge in [-0.3, -0.25) is 9.78 Å². The molecule has 0 atom stereocenters. The van der Waals surface area contributed by atoms with E-state index in [1.54, 1.807) is 6.08 Å². The number of hydrogen-bond acceptors (Lipinski definition) is 3. The van der Waals surface area contributed by atoms with E-state index in [1.807, 2.05) is 19.1 Å². The Morgan fingerprint density at radius 2 is 2.13 bits per heavy atom. The number of carbonyl (C=O) groups excluding carboxylic acids is 1. The topological polar surface area (TPSA) is 56.0 Å². The molecule has 0 spiro atoms. The van der Waals surface area contributed by atoms with Crippen LogP contribution in [0, 0.1) is 6.92 Å². The van der Waals surface area contributed by atoms with Gasteiger partial charge in [-0.1, -0.05) is 0 Å². The average molecular weight is 202 g/mol. The molecule has 3 nitrogen and oxygen atoms in total. The molecule has 1 aliphatic rings. The van der Waals surface area contributed by atoms with Crippen LogP contribution in [0.3, 0.4) is 0 Å². The van der Waals surface area contributed by atoms with E-state index < -0.39 is 0 Å². The second-order valence-corrected chi connectivity index (χ2v) is 3.92. The van der Waals surface area contributed by atoms with Crippen LogP contribution >= 0.6 is 0 Å². The summed E-state index contributed by atoms with van der Waals surface area (Å²) in [5, 5.41) is 0. The molecule has 0 saturated carbocycles. The molecule has 15 heavy (non-hydrogen) atoms. The van der Waals surface area contributed by atoms with Crippen LogP contribution < -0.4 is 5.73 Å². The molecule has 0 aliphatic heterocycles. The summed E-state index contributed by atoms with van der Waals surface area (Å²) in [7, 11) is 0. The maximum absolute atomic E-state index is 11.3. The summed E-state index contributed by atoms with van der Waals surface area (Å²) in [6.45, 7) is 1.91. The predicted octanol–water partition coefficient (Wildman–Crippen LogP) is 2.11. The van der Waals surface area contributed by atoms with E-state index in [-0.39, 0.29) is 5.78 Å². The monoisotopic (exact) mass is 202 g/mol. The van der Waals surface area contributed by atoms with Crippen LogP contribution in [0.4, 0.5) is 5.69 Å². The minimum Gasteiger partial charge on any atom is -0.399 e. The van der Waals surface area contributed by atoms with Gasteiger partial charge in [0, 0.05) is 17.8 Å². The lowest BCUT2D eigenvalue weighted by molar-refractivity contribution is -0.114. The van der Waals surface area contributed by atoms with Crippen LogP contribution in [-0.2, 0) is 4.79 Å². The molecule has 0 unspecified atom stereocenters. The highest BCUT2D eigenvalue weighted by atomic mass is 16.1. The van der Waals surface area contributed by atoms with Crippen LogP contribution in [0.2, 0.25) is 0 Å². The Morgan fingerprint density at radius 3 is 2.80 bits per heavy atom. The van der Waals surface area contributed by atoms with Crippen molar-refractivity contribution in [1.29, 1.82) is 0 Å². The Hall–Kier alpha value is -1.64. The number of carbonyl (C=O) groups is 1. The number of nitrogens with two attached hydrogens (primary N) is 1. The standard InChI is InChI=1S/C12H14N2O/c1-8-5-10(13)7-12(14-8)9-3-2-4-11(15)6-9/h5-7H,2-4H2,1H3,(H2,13,14). The van der Waals surface area contributed by atoms with Gasteiger partial charge in [0.25, 0.3) is 0 Å². The van der Waals surface area contributed by atoms with Crippen LogP contribution in [0.25, 0.3) is 5.57 Å². The van der Waals surface area contributed by atoms with E-state index in [0.717, 1.165) is 29.8 Å². The molecule has 0 saturated heterocycles. The maximum Gasteiger partial charge on any atom is 0.156 e. The second kappa shape index (κ2) is 3.85. The van der Waals surface area contributed by atoms with Crippen molar-refractivity contribution in [1.82, 2.24) is 4.98 Å². The third kappa shape index (κ3) is 2.24. The largest absolute Gasteiger partial charge is 0.399 e. The summed E-state index contributed by atoms with van der Waals surface area (Å²) in [5.74, 6) is 0.193. The van der Waals surface area contributed by atoms with Crippen LogP contribution in [0.1, 0.15) is 30.7 Å². The lowest BCUT2D eigenvalue weighted by Crippen LogP contribution is -2.04. The fourth-order valence-corrected chi connectivity index (χ4v) is 1.85. The van der Waals surface area contributed by atoms with Gasteiger partial charge in [-0.25, -0.2) is 0 Å². The summed E-state index contributed by atoms with van der Waals surface area (Å²) in [5.41, 5.74) is 9.21. The SMILES string of the molecule is Cc1cc(N)cc(C2=CC(=O)CCC2)n1. The first-order chi connectivity index (χ1) is 7.15. The zero-order valence-electron chi connectivity index (χ0n) is 8.79. The Morgan fingerprint density at radius 1 is 1.33 bits per heavy atom. The number of ketones is 1. The predicted molar refractivity (Wildman–Crippen MR) is 60.2 cm³/mol. The lowest BCUT2D eigenvalue weighted by Gasteiger charge is -2.12.